The van der Waals surface area contributed by atoms with E-state index in [0.717, 1.165) is 12.8 Å². The molecule has 2 N–H and O–H groups in total. The fourth-order valence-corrected chi connectivity index (χ4v) is 1.31. The third-order valence-corrected chi connectivity index (χ3v) is 2.26. The van der Waals surface area contributed by atoms with Crippen molar-refractivity contribution in [3.8, 4) is 0 Å². The Kier molecular flexibility index (Phi) is 4.98. The predicted molar refractivity (Wildman–Crippen MR) is 61.6 cm³/mol. The van der Waals surface area contributed by atoms with E-state index in [1.807, 2.05) is 6.92 Å². The van der Waals surface area contributed by atoms with Gasteiger partial charge in [-0.05, 0) is 6.42 Å². The average Bonchev–Trinajstić information content (AvgIpc) is 2.26. The van der Waals surface area contributed by atoms with Crippen LogP contribution in [-0.2, 0) is 4.79 Å². The summed E-state index contributed by atoms with van der Waals surface area (Å²) >= 11 is 5.63. The van der Waals surface area contributed by atoms with Crippen LogP contribution in [0.5, 0.6) is 0 Å². The molecule has 1 aromatic heterocycles. The van der Waals surface area contributed by atoms with Gasteiger partial charge in [0.2, 0.25) is 5.95 Å². The highest BCUT2D eigenvalue weighted by Gasteiger charge is 2.17. The summed E-state index contributed by atoms with van der Waals surface area (Å²) in [5.74, 6) is -0.611. The minimum Gasteiger partial charge on any atom is -0.480 e. The molecule has 0 bridgehead atoms. The molecule has 1 aromatic rings. The lowest BCUT2D eigenvalue weighted by Crippen LogP contribution is -2.29. The van der Waals surface area contributed by atoms with Crippen LogP contribution in [0.4, 0.5) is 5.95 Å². The molecule has 0 fully saturated rings. The third-order valence-electron chi connectivity index (χ3n) is 2.07. The normalized spacial score (nSPS) is 12.1. The van der Waals surface area contributed by atoms with Gasteiger partial charge in [0.15, 0.2) is 0 Å². The Morgan fingerprint density at radius 3 is 2.69 bits per heavy atom. The number of halogens is 1. The van der Waals surface area contributed by atoms with Crippen molar-refractivity contribution in [2.45, 2.75) is 32.2 Å². The van der Waals surface area contributed by atoms with Crippen molar-refractivity contribution in [1.82, 2.24) is 9.97 Å². The minimum absolute atomic E-state index is 0.285. The molecule has 16 heavy (non-hydrogen) atoms. The maximum atomic E-state index is 10.9. The number of unbranched alkanes of at least 4 members (excludes halogenated alkanes) is 1. The molecule has 0 unspecified atom stereocenters. The van der Waals surface area contributed by atoms with Gasteiger partial charge in [-0.15, -0.1) is 0 Å². The molecule has 1 heterocycles. The number of anilines is 1. The zero-order valence-electron chi connectivity index (χ0n) is 8.98. The highest BCUT2D eigenvalue weighted by atomic mass is 35.5. The Hall–Kier alpha value is -1.36. The van der Waals surface area contributed by atoms with Gasteiger partial charge in [0.25, 0.3) is 0 Å². The van der Waals surface area contributed by atoms with E-state index in [9.17, 15) is 4.79 Å². The van der Waals surface area contributed by atoms with Crippen LogP contribution >= 0.6 is 11.6 Å². The number of nitrogens with one attached hydrogen (secondary N) is 1. The maximum Gasteiger partial charge on any atom is 0.326 e. The quantitative estimate of drug-likeness (QED) is 0.801. The van der Waals surface area contributed by atoms with Crippen molar-refractivity contribution >= 4 is 23.5 Å². The molecule has 0 radical (unpaired) electrons. The van der Waals surface area contributed by atoms with Gasteiger partial charge < -0.3 is 10.4 Å². The smallest absolute Gasteiger partial charge is 0.326 e. The number of hydrogen-bond donors (Lipinski definition) is 2. The van der Waals surface area contributed by atoms with E-state index in [1.165, 1.54) is 12.4 Å². The highest BCUT2D eigenvalue weighted by Crippen LogP contribution is 2.09. The van der Waals surface area contributed by atoms with Crippen molar-refractivity contribution in [3.05, 3.63) is 17.4 Å². The number of carboxylic acids is 1. The first-order chi connectivity index (χ1) is 7.63. The molecule has 0 amide bonds. The summed E-state index contributed by atoms with van der Waals surface area (Å²) in [6, 6.07) is -0.652. The van der Waals surface area contributed by atoms with Crippen LogP contribution in [0.15, 0.2) is 12.4 Å². The van der Waals surface area contributed by atoms with Gasteiger partial charge in [-0.3, -0.25) is 0 Å². The lowest BCUT2D eigenvalue weighted by atomic mass is 10.1. The summed E-state index contributed by atoms with van der Waals surface area (Å²) in [6.45, 7) is 2.01. The van der Waals surface area contributed by atoms with Gasteiger partial charge in [0, 0.05) is 0 Å². The van der Waals surface area contributed by atoms with Crippen molar-refractivity contribution in [3.63, 3.8) is 0 Å². The fourth-order valence-electron chi connectivity index (χ4n) is 1.21. The largest absolute Gasteiger partial charge is 0.480 e. The summed E-state index contributed by atoms with van der Waals surface area (Å²) in [6.07, 6.45) is 5.20. The van der Waals surface area contributed by atoms with Crippen LogP contribution in [0.3, 0.4) is 0 Å². The second-order valence-corrected chi connectivity index (χ2v) is 3.84. The second kappa shape index (κ2) is 6.27. The molecular formula is C10H14ClN3O2. The van der Waals surface area contributed by atoms with Crippen molar-refractivity contribution in [1.29, 1.82) is 0 Å². The SMILES string of the molecule is CCCC[C@H](Nc1ncc(Cl)cn1)C(=O)O. The predicted octanol–water partition coefficient (Wildman–Crippen LogP) is 2.19. The van der Waals surface area contributed by atoms with Gasteiger partial charge >= 0.3 is 5.97 Å². The topological polar surface area (TPSA) is 75.1 Å². The Morgan fingerprint density at radius 1 is 1.56 bits per heavy atom. The van der Waals surface area contributed by atoms with E-state index >= 15 is 0 Å². The minimum atomic E-state index is -0.896. The number of hydrogen-bond acceptors (Lipinski definition) is 4. The average molecular weight is 244 g/mol. The van der Waals surface area contributed by atoms with Crippen molar-refractivity contribution in [2.75, 3.05) is 5.32 Å². The van der Waals surface area contributed by atoms with Crippen LogP contribution in [0.1, 0.15) is 26.2 Å². The summed E-state index contributed by atoms with van der Waals surface area (Å²) in [5, 5.41) is 12.2. The Morgan fingerprint density at radius 2 is 2.19 bits per heavy atom. The number of carboxylic acid groups (broad SMARTS) is 1. The monoisotopic (exact) mass is 243 g/mol. The number of nitrogens with zero attached hydrogens (tertiary/aromatic N) is 2. The third kappa shape index (κ3) is 4.02. The number of rotatable bonds is 6. The highest BCUT2D eigenvalue weighted by molar-refractivity contribution is 6.30. The molecule has 0 aliphatic carbocycles. The van der Waals surface area contributed by atoms with Crippen LogP contribution in [0.25, 0.3) is 0 Å². The Bertz CT molecular complexity index is 342. The Balaban J connectivity index is 2.60. The van der Waals surface area contributed by atoms with E-state index in [0.29, 0.717) is 11.4 Å². The van der Waals surface area contributed by atoms with Gasteiger partial charge in [0.1, 0.15) is 6.04 Å². The summed E-state index contributed by atoms with van der Waals surface area (Å²) in [7, 11) is 0. The van der Waals surface area contributed by atoms with Crippen LogP contribution in [0.2, 0.25) is 5.02 Å². The fraction of sp³-hybridized carbons (Fsp3) is 0.500. The van der Waals surface area contributed by atoms with Gasteiger partial charge in [-0.1, -0.05) is 31.4 Å². The van der Waals surface area contributed by atoms with Crippen molar-refractivity contribution in [2.24, 2.45) is 0 Å². The first kappa shape index (κ1) is 12.7. The lowest BCUT2D eigenvalue weighted by molar-refractivity contribution is -0.138. The van der Waals surface area contributed by atoms with E-state index in [2.05, 4.69) is 15.3 Å². The summed E-state index contributed by atoms with van der Waals surface area (Å²) in [4.78, 5) is 18.7. The molecule has 6 heteroatoms. The van der Waals surface area contributed by atoms with E-state index in [1.54, 1.807) is 0 Å². The summed E-state index contributed by atoms with van der Waals surface area (Å²) in [5.41, 5.74) is 0. The van der Waals surface area contributed by atoms with E-state index in [-0.39, 0.29) is 5.95 Å². The molecule has 0 aliphatic heterocycles. The number of aliphatic carboxylic acids is 1. The first-order valence-corrected chi connectivity index (χ1v) is 5.48. The first-order valence-electron chi connectivity index (χ1n) is 5.10. The molecule has 0 spiro atoms. The molecule has 0 saturated carbocycles. The Labute approximate surface area is 98.9 Å². The van der Waals surface area contributed by atoms with Crippen molar-refractivity contribution < 1.29 is 9.90 Å². The maximum absolute atomic E-state index is 10.9. The molecule has 1 rings (SSSR count). The van der Waals surface area contributed by atoms with Gasteiger partial charge in [0.05, 0.1) is 17.4 Å². The van der Waals surface area contributed by atoms with E-state index < -0.39 is 12.0 Å². The zero-order valence-corrected chi connectivity index (χ0v) is 9.74. The molecule has 0 aliphatic rings. The van der Waals surface area contributed by atoms with Crippen LogP contribution in [-0.4, -0.2) is 27.1 Å². The standard InChI is InChI=1S/C10H14ClN3O2/c1-2-3-4-8(9(15)16)14-10-12-5-7(11)6-13-10/h5-6,8H,2-4H2,1H3,(H,15,16)(H,12,13,14)/t8-/m0/s1. The summed E-state index contributed by atoms with van der Waals surface area (Å²) < 4.78 is 0. The lowest BCUT2D eigenvalue weighted by Gasteiger charge is -2.13. The van der Waals surface area contributed by atoms with Crippen LogP contribution < -0.4 is 5.32 Å². The van der Waals surface area contributed by atoms with Gasteiger partial charge in [-0.2, -0.15) is 0 Å². The molecule has 88 valence electrons. The molecule has 5 nitrogen and oxygen atoms in total. The molecule has 1 atom stereocenters. The number of aromatic nitrogens is 2. The molecular weight excluding hydrogens is 230 g/mol. The molecule has 0 aromatic carbocycles. The van der Waals surface area contributed by atoms with E-state index in [4.69, 9.17) is 16.7 Å². The zero-order chi connectivity index (χ0) is 12.0. The van der Waals surface area contributed by atoms with Crippen LogP contribution in [0, 0.1) is 0 Å². The van der Waals surface area contributed by atoms with Gasteiger partial charge in [-0.25, -0.2) is 14.8 Å². The second-order valence-electron chi connectivity index (χ2n) is 3.40. The molecule has 0 saturated heterocycles. The number of carbonyl (C=O) groups is 1.